The fraction of sp³-hybridized carbons (Fsp3) is 0.833. The summed E-state index contributed by atoms with van der Waals surface area (Å²) < 4.78 is 22.1. The second-order valence-electron chi connectivity index (χ2n) is 5.65. The SMILES string of the molecule is CCC1SCC(C(=O)O)N1C(=O)NCC(C)(C)S(C)(=O)=O. The number of amides is 2. The Balaban J connectivity index is 2.80. The van der Waals surface area contributed by atoms with E-state index in [4.69, 9.17) is 0 Å². The number of sulfone groups is 1. The maximum Gasteiger partial charge on any atom is 0.327 e. The molecule has 0 aliphatic carbocycles. The molecule has 2 atom stereocenters. The Morgan fingerprint density at radius 2 is 2.00 bits per heavy atom. The molecule has 21 heavy (non-hydrogen) atoms. The fourth-order valence-corrected chi connectivity index (χ4v) is 3.53. The first-order chi connectivity index (χ1) is 9.51. The topological polar surface area (TPSA) is 104 Å². The second-order valence-corrected chi connectivity index (χ2v) is 9.51. The maximum atomic E-state index is 12.2. The highest BCUT2D eigenvalue weighted by Gasteiger charge is 2.41. The third-order valence-corrected chi connectivity index (χ3v) is 7.24. The van der Waals surface area contributed by atoms with Crippen LogP contribution in [0.3, 0.4) is 0 Å². The maximum absolute atomic E-state index is 12.2. The van der Waals surface area contributed by atoms with Crippen LogP contribution >= 0.6 is 11.8 Å². The van der Waals surface area contributed by atoms with Crippen molar-refractivity contribution in [1.82, 2.24) is 10.2 Å². The molecular formula is C12H22N2O5S2. The number of nitrogens with zero attached hydrogens (tertiary/aromatic N) is 1. The minimum absolute atomic E-state index is 0.0609. The van der Waals surface area contributed by atoms with Crippen molar-refractivity contribution < 1.29 is 23.1 Å². The number of carboxylic acids is 1. The van der Waals surface area contributed by atoms with Crippen molar-refractivity contribution in [3.8, 4) is 0 Å². The molecule has 0 radical (unpaired) electrons. The summed E-state index contributed by atoms with van der Waals surface area (Å²) in [7, 11) is -3.33. The van der Waals surface area contributed by atoms with Crippen molar-refractivity contribution >= 4 is 33.6 Å². The van der Waals surface area contributed by atoms with E-state index < -0.39 is 32.6 Å². The van der Waals surface area contributed by atoms with Crippen molar-refractivity contribution in [3.05, 3.63) is 0 Å². The highest BCUT2D eigenvalue weighted by atomic mass is 32.2. The number of rotatable bonds is 5. The molecule has 0 aromatic heterocycles. The largest absolute Gasteiger partial charge is 0.480 e. The molecule has 0 aromatic carbocycles. The van der Waals surface area contributed by atoms with Crippen LogP contribution in [0.25, 0.3) is 0 Å². The molecule has 1 fully saturated rings. The molecule has 1 aliphatic heterocycles. The van der Waals surface area contributed by atoms with Gasteiger partial charge in [0.1, 0.15) is 6.04 Å². The summed E-state index contributed by atoms with van der Waals surface area (Å²) in [5.74, 6) is -0.701. The minimum Gasteiger partial charge on any atom is -0.480 e. The first-order valence-corrected chi connectivity index (χ1v) is 9.55. The van der Waals surface area contributed by atoms with Gasteiger partial charge in [0.05, 0.1) is 10.1 Å². The number of thioether (sulfide) groups is 1. The first kappa shape index (κ1) is 18.1. The van der Waals surface area contributed by atoms with Crippen LogP contribution in [0.15, 0.2) is 0 Å². The minimum atomic E-state index is -3.33. The molecule has 1 heterocycles. The van der Waals surface area contributed by atoms with Crippen LogP contribution in [0.1, 0.15) is 27.2 Å². The molecule has 0 spiro atoms. The lowest BCUT2D eigenvalue weighted by molar-refractivity contribution is -0.141. The van der Waals surface area contributed by atoms with E-state index in [0.29, 0.717) is 12.2 Å². The van der Waals surface area contributed by atoms with Crippen molar-refractivity contribution in [2.45, 2.75) is 43.4 Å². The Morgan fingerprint density at radius 1 is 1.43 bits per heavy atom. The van der Waals surface area contributed by atoms with Crippen LogP contribution < -0.4 is 5.32 Å². The van der Waals surface area contributed by atoms with E-state index in [-0.39, 0.29) is 11.9 Å². The molecule has 7 nitrogen and oxygen atoms in total. The Morgan fingerprint density at radius 3 is 2.43 bits per heavy atom. The Labute approximate surface area is 129 Å². The average molecular weight is 338 g/mol. The zero-order valence-corrected chi connectivity index (χ0v) is 14.3. The van der Waals surface area contributed by atoms with Gasteiger partial charge < -0.3 is 10.4 Å². The molecule has 1 aliphatic rings. The number of nitrogens with one attached hydrogen (secondary N) is 1. The number of carbonyl (C=O) groups excluding carboxylic acids is 1. The first-order valence-electron chi connectivity index (χ1n) is 6.61. The summed E-state index contributed by atoms with van der Waals surface area (Å²) >= 11 is 1.42. The second kappa shape index (κ2) is 6.43. The zero-order valence-electron chi connectivity index (χ0n) is 12.6. The van der Waals surface area contributed by atoms with Gasteiger partial charge >= 0.3 is 12.0 Å². The average Bonchev–Trinajstić information content (AvgIpc) is 2.78. The molecule has 1 rings (SSSR count). The van der Waals surface area contributed by atoms with Crippen LogP contribution in [0, 0.1) is 0 Å². The van der Waals surface area contributed by atoms with Gasteiger partial charge in [0, 0.05) is 18.6 Å². The molecular weight excluding hydrogens is 316 g/mol. The predicted molar refractivity (Wildman–Crippen MR) is 82.1 cm³/mol. The fourth-order valence-electron chi connectivity index (χ4n) is 1.85. The van der Waals surface area contributed by atoms with E-state index in [2.05, 4.69) is 5.32 Å². The van der Waals surface area contributed by atoms with Crippen molar-refractivity contribution in [3.63, 3.8) is 0 Å². The van der Waals surface area contributed by atoms with Gasteiger partial charge in [-0.25, -0.2) is 18.0 Å². The standard InChI is InChI=1S/C12H22N2O5S2/c1-5-9-14(8(6-20-9)10(15)16)11(17)13-7-12(2,3)21(4,18)19/h8-9H,5-7H2,1-4H3,(H,13,17)(H,15,16). The quantitative estimate of drug-likeness (QED) is 0.767. The number of hydrogen-bond donors (Lipinski definition) is 2. The van der Waals surface area contributed by atoms with Crippen LogP contribution in [0.2, 0.25) is 0 Å². The Kier molecular flexibility index (Phi) is 5.54. The van der Waals surface area contributed by atoms with Crippen LogP contribution in [0.4, 0.5) is 4.79 Å². The number of aliphatic carboxylic acids is 1. The Hall–Kier alpha value is -0.960. The molecule has 0 bridgehead atoms. The lowest BCUT2D eigenvalue weighted by Crippen LogP contribution is -2.53. The van der Waals surface area contributed by atoms with E-state index >= 15 is 0 Å². The van der Waals surface area contributed by atoms with Gasteiger partial charge in [0.15, 0.2) is 9.84 Å². The zero-order chi connectivity index (χ0) is 16.4. The number of carboxylic acid groups (broad SMARTS) is 1. The summed E-state index contributed by atoms with van der Waals surface area (Å²) in [6, 6.07) is -1.41. The lowest BCUT2D eigenvalue weighted by atomic mass is 10.2. The molecule has 9 heteroatoms. The molecule has 0 saturated carbocycles. The number of urea groups is 1. The highest BCUT2D eigenvalue weighted by Crippen LogP contribution is 2.31. The van der Waals surface area contributed by atoms with Crippen molar-refractivity contribution in [2.75, 3.05) is 18.6 Å². The third-order valence-electron chi connectivity index (χ3n) is 3.63. The van der Waals surface area contributed by atoms with Crippen molar-refractivity contribution in [1.29, 1.82) is 0 Å². The van der Waals surface area contributed by atoms with Gasteiger partial charge in [-0.1, -0.05) is 6.92 Å². The molecule has 2 unspecified atom stereocenters. The molecule has 2 N–H and O–H groups in total. The summed E-state index contributed by atoms with van der Waals surface area (Å²) in [6.07, 6.45) is 1.75. The third kappa shape index (κ3) is 4.03. The molecule has 0 aromatic rings. The van der Waals surface area contributed by atoms with Gasteiger partial charge in [0.2, 0.25) is 0 Å². The molecule has 1 saturated heterocycles. The van der Waals surface area contributed by atoms with Gasteiger partial charge in [-0.05, 0) is 20.3 Å². The number of hydrogen-bond acceptors (Lipinski definition) is 5. The van der Waals surface area contributed by atoms with Gasteiger partial charge in [-0.2, -0.15) is 0 Å². The van der Waals surface area contributed by atoms with Gasteiger partial charge in [0.25, 0.3) is 0 Å². The monoisotopic (exact) mass is 338 g/mol. The van der Waals surface area contributed by atoms with E-state index in [1.807, 2.05) is 6.92 Å². The van der Waals surface area contributed by atoms with E-state index in [1.165, 1.54) is 30.5 Å². The predicted octanol–water partition coefficient (Wildman–Crippen LogP) is 0.757. The summed E-state index contributed by atoms with van der Waals surface area (Å²) in [6.45, 7) is 4.86. The van der Waals surface area contributed by atoms with E-state index in [1.54, 1.807) is 0 Å². The molecule has 122 valence electrons. The normalized spacial score (nSPS) is 23.1. The van der Waals surface area contributed by atoms with Gasteiger partial charge in [-0.3, -0.25) is 4.90 Å². The smallest absolute Gasteiger partial charge is 0.327 e. The van der Waals surface area contributed by atoms with Crippen LogP contribution in [0.5, 0.6) is 0 Å². The summed E-state index contributed by atoms with van der Waals surface area (Å²) in [4.78, 5) is 24.8. The van der Waals surface area contributed by atoms with Gasteiger partial charge in [-0.15, -0.1) is 11.8 Å². The Bertz CT molecular complexity index is 518. The van der Waals surface area contributed by atoms with E-state index in [9.17, 15) is 23.1 Å². The summed E-state index contributed by atoms with van der Waals surface area (Å²) in [5.41, 5.74) is 0. The lowest BCUT2D eigenvalue weighted by Gasteiger charge is -2.29. The highest BCUT2D eigenvalue weighted by molar-refractivity contribution is 8.00. The summed E-state index contributed by atoms with van der Waals surface area (Å²) in [5, 5.41) is 11.5. The van der Waals surface area contributed by atoms with E-state index in [0.717, 1.165) is 6.26 Å². The van der Waals surface area contributed by atoms with Crippen LogP contribution in [-0.2, 0) is 14.6 Å². The van der Waals surface area contributed by atoms with Crippen molar-refractivity contribution in [2.24, 2.45) is 0 Å². The molecule has 2 amide bonds. The number of carbonyl (C=O) groups is 2. The van der Waals surface area contributed by atoms with Crippen LogP contribution in [-0.4, -0.2) is 65.1 Å².